The molecule has 3 fully saturated rings. The number of carbonyl (C=O) groups is 1. The average Bonchev–Trinajstić information content (AvgIpc) is 3.50. The Morgan fingerprint density at radius 3 is 2.52 bits per heavy atom. The molecule has 154 valence electrons. The number of amides is 1. The Labute approximate surface area is 177 Å². The summed E-state index contributed by atoms with van der Waals surface area (Å²) in [6.07, 6.45) is 6.64. The van der Waals surface area contributed by atoms with Gasteiger partial charge in [0.05, 0.1) is 11.5 Å². The Morgan fingerprint density at radius 2 is 1.83 bits per heavy atom. The van der Waals surface area contributed by atoms with Gasteiger partial charge in [0.2, 0.25) is 0 Å². The van der Waals surface area contributed by atoms with Crippen molar-refractivity contribution in [3.8, 4) is 0 Å². The van der Waals surface area contributed by atoms with Crippen LogP contribution < -0.4 is 0 Å². The first kappa shape index (κ1) is 19.3. The number of piperidine rings is 1. The van der Waals surface area contributed by atoms with E-state index in [2.05, 4.69) is 35.2 Å². The molecule has 0 saturated carbocycles. The molecule has 5 rings (SSSR count). The van der Waals surface area contributed by atoms with Gasteiger partial charge >= 0.3 is 0 Å². The van der Waals surface area contributed by atoms with Crippen molar-refractivity contribution in [3.63, 3.8) is 0 Å². The van der Waals surface area contributed by atoms with Gasteiger partial charge in [0.25, 0.3) is 5.91 Å². The Bertz CT molecular complexity index is 832. The fraction of sp³-hybridized carbons (Fsp3) is 0.542. The summed E-state index contributed by atoms with van der Waals surface area (Å²) in [7, 11) is 0. The number of hydrogen-bond acceptors (Lipinski definition) is 4. The summed E-state index contributed by atoms with van der Waals surface area (Å²) in [5.41, 5.74) is 1.33. The Morgan fingerprint density at radius 1 is 1.03 bits per heavy atom. The first-order chi connectivity index (χ1) is 14.2. The van der Waals surface area contributed by atoms with Crippen molar-refractivity contribution in [2.24, 2.45) is 5.41 Å². The largest absolute Gasteiger partial charge is 0.396 e. The van der Waals surface area contributed by atoms with E-state index < -0.39 is 0 Å². The van der Waals surface area contributed by atoms with Crippen LogP contribution in [0.4, 0.5) is 0 Å². The molecule has 1 aromatic heterocycles. The lowest BCUT2D eigenvalue weighted by Gasteiger charge is -2.41. The van der Waals surface area contributed by atoms with Gasteiger partial charge in [-0.25, -0.2) is 0 Å². The van der Waals surface area contributed by atoms with Gasteiger partial charge in [-0.2, -0.15) is 0 Å². The van der Waals surface area contributed by atoms with E-state index in [1.807, 2.05) is 22.4 Å². The highest BCUT2D eigenvalue weighted by Gasteiger charge is 2.57. The van der Waals surface area contributed by atoms with Gasteiger partial charge in [0.15, 0.2) is 0 Å². The SMILES string of the molecule is O=C(c1cccs1)N1CCC(N2[C@@H]3CC[C@H]2[C@](CO)(Cc2ccccc2)C3)CC1. The fourth-order valence-electron chi connectivity index (χ4n) is 6.23. The number of thiophene rings is 1. The first-order valence-electron chi connectivity index (χ1n) is 11.0. The zero-order chi connectivity index (χ0) is 19.8. The summed E-state index contributed by atoms with van der Waals surface area (Å²) in [4.78, 5) is 18.3. The molecule has 1 aromatic carbocycles. The number of benzene rings is 1. The van der Waals surface area contributed by atoms with Crippen molar-refractivity contribution < 1.29 is 9.90 Å². The molecule has 3 aliphatic heterocycles. The highest BCUT2D eigenvalue weighted by molar-refractivity contribution is 7.12. The van der Waals surface area contributed by atoms with Crippen LogP contribution in [0.1, 0.15) is 47.3 Å². The van der Waals surface area contributed by atoms with Crippen LogP contribution in [-0.2, 0) is 6.42 Å². The zero-order valence-corrected chi connectivity index (χ0v) is 17.7. The van der Waals surface area contributed by atoms with Crippen molar-refractivity contribution in [1.82, 2.24) is 9.80 Å². The third kappa shape index (κ3) is 3.43. The number of nitrogens with zero attached hydrogens (tertiary/aromatic N) is 2. The molecule has 0 aliphatic carbocycles. The molecule has 4 heterocycles. The molecule has 3 atom stereocenters. The third-order valence-corrected chi connectivity index (χ3v) is 8.38. The summed E-state index contributed by atoms with van der Waals surface area (Å²) < 4.78 is 0. The molecule has 3 saturated heterocycles. The van der Waals surface area contributed by atoms with E-state index in [0.29, 0.717) is 18.1 Å². The maximum absolute atomic E-state index is 12.7. The van der Waals surface area contributed by atoms with Gasteiger partial charge in [-0.1, -0.05) is 36.4 Å². The predicted octanol–water partition coefficient (Wildman–Crippen LogP) is 3.81. The van der Waals surface area contributed by atoms with E-state index in [1.165, 1.54) is 29.7 Å². The number of aliphatic hydroxyl groups is 1. The molecule has 3 aliphatic rings. The predicted molar refractivity (Wildman–Crippen MR) is 116 cm³/mol. The van der Waals surface area contributed by atoms with Gasteiger partial charge in [-0.3, -0.25) is 9.69 Å². The third-order valence-electron chi connectivity index (χ3n) is 7.52. The molecule has 29 heavy (non-hydrogen) atoms. The van der Waals surface area contributed by atoms with Crippen LogP contribution in [0.2, 0.25) is 0 Å². The number of carbonyl (C=O) groups excluding carboxylic acids is 1. The molecule has 1 N–H and O–H groups in total. The number of fused-ring (bicyclic) bond motifs is 2. The van der Waals surface area contributed by atoms with Crippen LogP contribution in [0, 0.1) is 5.41 Å². The molecule has 0 spiro atoms. The fourth-order valence-corrected chi connectivity index (χ4v) is 6.92. The summed E-state index contributed by atoms with van der Waals surface area (Å²) in [5.74, 6) is 0.191. The minimum atomic E-state index is -0.00576. The second kappa shape index (κ2) is 7.86. The molecular formula is C24H30N2O2S. The van der Waals surface area contributed by atoms with E-state index in [4.69, 9.17) is 0 Å². The van der Waals surface area contributed by atoms with Crippen molar-refractivity contribution in [2.75, 3.05) is 19.7 Å². The highest BCUT2D eigenvalue weighted by atomic mass is 32.1. The maximum atomic E-state index is 12.7. The van der Waals surface area contributed by atoms with Crippen LogP contribution in [0.25, 0.3) is 0 Å². The van der Waals surface area contributed by atoms with Crippen molar-refractivity contribution >= 4 is 17.2 Å². The van der Waals surface area contributed by atoms with Crippen LogP contribution in [0.15, 0.2) is 47.8 Å². The van der Waals surface area contributed by atoms with Crippen molar-refractivity contribution in [2.45, 2.75) is 56.7 Å². The monoisotopic (exact) mass is 410 g/mol. The second-order valence-electron chi connectivity index (χ2n) is 9.08. The quantitative estimate of drug-likeness (QED) is 0.815. The van der Waals surface area contributed by atoms with Crippen LogP contribution in [0.5, 0.6) is 0 Å². The minimum Gasteiger partial charge on any atom is -0.396 e. The Kier molecular flexibility index (Phi) is 5.23. The van der Waals surface area contributed by atoms with E-state index in [-0.39, 0.29) is 17.9 Å². The smallest absolute Gasteiger partial charge is 0.263 e. The lowest BCUT2D eigenvalue weighted by molar-refractivity contribution is 0.0419. The van der Waals surface area contributed by atoms with Crippen LogP contribution in [0.3, 0.4) is 0 Å². The molecule has 1 amide bonds. The topological polar surface area (TPSA) is 43.8 Å². The van der Waals surface area contributed by atoms with Crippen LogP contribution in [-0.4, -0.2) is 58.6 Å². The summed E-state index contributed by atoms with van der Waals surface area (Å²) in [6, 6.07) is 16.2. The number of aliphatic hydroxyl groups excluding tert-OH is 1. The first-order valence-corrected chi connectivity index (χ1v) is 11.8. The zero-order valence-electron chi connectivity index (χ0n) is 16.9. The van der Waals surface area contributed by atoms with E-state index in [1.54, 1.807) is 0 Å². The molecular weight excluding hydrogens is 380 g/mol. The normalized spacial score (nSPS) is 30.2. The molecule has 5 heteroatoms. The summed E-state index contributed by atoms with van der Waals surface area (Å²) >= 11 is 1.54. The number of rotatable bonds is 5. The Hall–Kier alpha value is -1.69. The molecule has 0 unspecified atom stereocenters. The average molecular weight is 411 g/mol. The minimum absolute atomic E-state index is 0.00576. The molecule has 4 nitrogen and oxygen atoms in total. The maximum Gasteiger partial charge on any atom is 0.263 e. The summed E-state index contributed by atoms with van der Waals surface area (Å²) in [5, 5.41) is 12.4. The molecule has 0 radical (unpaired) electrons. The van der Waals surface area contributed by atoms with Gasteiger partial charge in [0.1, 0.15) is 0 Å². The van der Waals surface area contributed by atoms with Gasteiger partial charge < -0.3 is 10.0 Å². The lowest BCUT2D eigenvalue weighted by atomic mass is 9.70. The number of hydrogen-bond donors (Lipinski definition) is 1. The van der Waals surface area contributed by atoms with Crippen molar-refractivity contribution in [3.05, 3.63) is 58.3 Å². The van der Waals surface area contributed by atoms with Crippen molar-refractivity contribution in [1.29, 1.82) is 0 Å². The van der Waals surface area contributed by atoms with E-state index in [0.717, 1.165) is 43.6 Å². The Balaban J connectivity index is 1.27. The van der Waals surface area contributed by atoms with Gasteiger partial charge in [-0.15, -0.1) is 11.3 Å². The van der Waals surface area contributed by atoms with E-state index >= 15 is 0 Å². The van der Waals surface area contributed by atoms with Crippen LogP contribution >= 0.6 is 11.3 Å². The number of likely N-dealkylation sites (tertiary alicyclic amines) is 1. The standard InChI is InChI=1S/C24H30N2O2S/c27-17-24(15-18-5-2-1-3-6-18)16-20-8-9-22(24)26(20)19-10-12-25(13-11-19)23(28)21-7-4-14-29-21/h1-7,14,19-20,22,27H,8-13,15-17H2/t20-,22+,24-/m1/s1. The molecule has 2 aromatic rings. The lowest BCUT2D eigenvalue weighted by Crippen LogP contribution is -2.50. The highest BCUT2D eigenvalue weighted by Crippen LogP contribution is 2.53. The van der Waals surface area contributed by atoms with E-state index in [9.17, 15) is 9.90 Å². The second-order valence-corrected chi connectivity index (χ2v) is 10.0. The summed E-state index contributed by atoms with van der Waals surface area (Å²) in [6.45, 7) is 1.97. The van der Waals surface area contributed by atoms with Gasteiger partial charge in [0, 0.05) is 36.6 Å². The van der Waals surface area contributed by atoms with Gasteiger partial charge in [-0.05, 0) is 55.5 Å². The molecule has 2 bridgehead atoms.